The number of carbonyl (C=O) groups excluding carboxylic acids is 3. The van der Waals surface area contributed by atoms with Gasteiger partial charge < -0.3 is 14.2 Å². The lowest BCUT2D eigenvalue weighted by Gasteiger charge is -2.18. The van der Waals surface area contributed by atoms with Crippen molar-refractivity contribution in [3.8, 4) is 0 Å². The Morgan fingerprint density at radius 3 is 0.855 bits per heavy atom. The zero-order valence-corrected chi connectivity index (χ0v) is 45.6. The number of ether oxygens (including phenoxy) is 3. The summed E-state index contributed by atoms with van der Waals surface area (Å²) in [6.45, 7) is 6.58. The Labute approximate surface area is 427 Å². The molecular weight excluding hydrogens is 853 g/mol. The highest BCUT2D eigenvalue weighted by Gasteiger charge is 2.19. The van der Waals surface area contributed by atoms with Gasteiger partial charge in [0.15, 0.2) is 6.10 Å². The summed E-state index contributed by atoms with van der Waals surface area (Å²) in [7, 11) is 0. The summed E-state index contributed by atoms with van der Waals surface area (Å²) in [6, 6.07) is 0. The molecule has 0 aliphatic rings. The molecule has 0 aliphatic heterocycles. The first-order valence-electron chi connectivity index (χ1n) is 29.4. The molecule has 69 heavy (non-hydrogen) atoms. The second kappa shape index (κ2) is 57.4. The summed E-state index contributed by atoms with van der Waals surface area (Å²) < 4.78 is 16.9. The molecule has 0 saturated heterocycles. The lowest BCUT2D eigenvalue weighted by Crippen LogP contribution is -2.30. The van der Waals surface area contributed by atoms with Crippen LogP contribution in [0, 0.1) is 0 Å². The van der Waals surface area contributed by atoms with Crippen molar-refractivity contribution in [3.05, 3.63) is 72.9 Å². The molecule has 0 rings (SSSR count). The zero-order valence-electron chi connectivity index (χ0n) is 45.6. The van der Waals surface area contributed by atoms with Gasteiger partial charge in [0.25, 0.3) is 0 Å². The van der Waals surface area contributed by atoms with Crippen LogP contribution in [0.15, 0.2) is 72.9 Å². The minimum absolute atomic E-state index is 0.0851. The summed E-state index contributed by atoms with van der Waals surface area (Å²) in [6.07, 6.45) is 73.1. The average molecular weight is 964 g/mol. The van der Waals surface area contributed by atoms with Gasteiger partial charge in [0, 0.05) is 19.3 Å². The van der Waals surface area contributed by atoms with Gasteiger partial charge in [-0.3, -0.25) is 14.4 Å². The summed E-state index contributed by atoms with van der Waals surface area (Å²) >= 11 is 0. The standard InChI is InChI=1S/C63H110O6/c1-4-7-10-13-16-19-22-25-27-29-31-33-35-38-41-44-47-50-53-56-62(65)68-59-60(58-67-61(64)55-52-49-46-43-40-37-24-21-18-15-12-9-6-3)69-63(66)57-54-51-48-45-42-39-36-34-32-30-28-26-23-20-17-14-11-8-5-2/h16-17,19-20,25-28,31,33,38,41,60H,4-15,18,21-24,29-30,32,34-37,39-40,42-59H2,1-3H3/b19-16-,20-17-,27-25-,28-26-,33-31-,41-38-/t60-/m1/s1. The normalized spacial score (nSPS) is 12.6. The van der Waals surface area contributed by atoms with Crippen molar-refractivity contribution in [1.82, 2.24) is 0 Å². The van der Waals surface area contributed by atoms with Crippen LogP contribution < -0.4 is 0 Å². The molecule has 0 amide bonds. The largest absolute Gasteiger partial charge is 0.462 e. The summed E-state index contributed by atoms with van der Waals surface area (Å²) in [5.41, 5.74) is 0. The summed E-state index contributed by atoms with van der Waals surface area (Å²) in [5, 5.41) is 0. The number of esters is 3. The van der Waals surface area contributed by atoms with Gasteiger partial charge in [0.1, 0.15) is 13.2 Å². The SMILES string of the molecule is CCCCC/C=C\C/C=C\C/C=C\C/C=C\CCCCCC(=O)OC[C@@H](COC(=O)CCCCCCCCCCCCCCC)OC(=O)CCCCCCCCCCC/C=C\C/C=C\CCCCC. The van der Waals surface area contributed by atoms with E-state index in [4.69, 9.17) is 14.2 Å². The van der Waals surface area contributed by atoms with Gasteiger partial charge in [-0.1, -0.05) is 248 Å². The first-order chi connectivity index (χ1) is 34.0. The van der Waals surface area contributed by atoms with Crippen LogP contribution in [0.25, 0.3) is 0 Å². The van der Waals surface area contributed by atoms with Crippen LogP contribution in [-0.4, -0.2) is 37.2 Å². The molecule has 0 unspecified atom stereocenters. The molecule has 0 aromatic carbocycles. The summed E-state index contributed by atoms with van der Waals surface area (Å²) in [4.78, 5) is 38.2. The molecule has 0 bridgehead atoms. The first kappa shape index (κ1) is 65.8. The highest BCUT2D eigenvalue weighted by Crippen LogP contribution is 2.16. The predicted molar refractivity (Wildman–Crippen MR) is 298 cm³/mol. The fraction of sp³-hybridized carbons (Fsp3) is 0.762. The van der Waals surface area contributed by atoms with E-state index in [-0.39, 0.29) is 31.1 Å². The molecule has 0 N–H and O–H groups in total. The van der Waals surface area contributed by atoms with Crippen LogP contribution >= 0.6 is 0 Å². The molecule has 0 saturated carbocycles. The van der Waals surface area contributed by atoms with Crippen LogP contribution in [0.2, 0.25) is 0 Å². The third-order valence-corrected chi connectivity index (χ3v) is 12.7. The number of carbonyl (C=O) groups is 3. The Bertz CT molecular complexity index is 1290. The number of allylic oxidation sites excluding steroid dienone is 12. The molecule has 0 fully saturated rings. The Hall–Kier alpha value is -3.15. The van der Waals surface area contributed by atoms with Crippen molar-refractivity contribution in [1.29, 1.82) is 0 Å². The molecule has 0 heterocycles. The van der Waals surface area contributed by atoms with Crippen molar-refractivity contribution in [2.24, 2.45) is 0 Å². The number of rotatable bonds is 53. The van der Waals surface area contributed by atoms with Gasteiger partial charge in [-0.25, -0.2) is 0 Å². The molecule has 6 nitrogen and oxygen atoms in total. The lowest BCUT2D eigenvalue weighted by molar-refractivity contribution is -0.167. The molecule has 0 aliphatic carbocycles. The van der Waals surface area contributed by atoms with Gasteiger partial charge >= 0.3 is 17.9 Å². The smallest absolute Gasteiger partial charge is 0.306 e. The number of hydrogen-bond donors (Lipinski definition) is 0. The second-order valence-electron chi connectivity index (χ2n) is 19.6. The topological polar surface area (TPSA) is 78.9 Å². The second-order valence-corrected chi connectivity index (χ2v) is 19.6. The molecule has 0 aromatic heterocycles. The highest BCUT2D eigenvalue weighted by atomic mass is 16.6. The Balaban J connectivity index is 4.42. The van der Waals surface area contributed by atoms with Crippen molar-refractivity contribution in [2.45, 2.75) is 297 Å². The van der Waals surface area contributed by atoms with Crippen molar-refractivity contribution in [3.63, 3.8) is 0 Å². The third kappa shape index (κ3) is 55.6. The fourth-order valence-electron chi connectivity index (χ4n) is 8.22. The van der Waals surface area contributed by atoms with E-state index in [2.05, 4.69) is 93.7 Å². The van der Waals surface area contributed by atoms with Crippen LogP contribution in [0.4, 0.5) is 0 Å². The molecule has 0 aromatic rings. The minimum atomic E-state index is -0.790. The van der Waals surface area contributed by atoms with Crippen molar-refractivity contribution >= 4 is 17.9 Å². The van der Waals surface area contributed by atoms with Crippen molar-refractivity contribution < 1.29 is 28.6 Å². The molecule has 398 valence electrons. The Morgan fingerprint density at radius 2 is 0.522 bits per heavy atom. The molecule has 0 radical (unpaired) electrons. The van der Waals surface area contributed by atoms with Crippen LogP contribution in [0.5, 0.6) is 0 Å². The van der Waals surface area contributed by atoms with Gasteiger partial charge in [0.05, 0.1) is 0 Å². The van der Waals surface area contributed by atoms with Gasteiger partial charge in [0.2, 0.25) is 0 Å². The lowest BCUT2D eigenvalue weighted by atomic mass is 10.0. The molecule has 1 atom stereocenters. The third-order valence-electron chi connectivity index (χ3n) is 12.7. The van der Waals surface area contributed by atoms with E-state index in [1.165, 1.54) is 161 Å². The Morgan fingerprint density at radius 1 is 0.290 bits per heavy atom. The zero-order chi connectivity index (χ0) is 50.0. The first-order valence-corrected chi connectivity index (χ1v) is 29.4. The molecule has 0 spiro atoms. The highest BCUT2D eigenvalue weighted by molar-refractivity contribution is 5.71. The van der Waals surface area contributed by atoms with Gasteiger partial charge in [-0.05, 0) is 96.3 Å². The minimum Gasteiger partial charge on any atom is -0.462 e. The van der Waals surface area contributed by atoms with Crippen molar-refractivity contribution in [2.75, 3.05) is 13.2 Å². The van der Waals surface area contributed by atoms with Crippen LogP contribution in [0.1, 0.15) is 290 Å². The maximum Gasteiger partial charge on any atom is 0.306 e. The predicted octanol–water partition coefficient (Wildman–Crippen LogP) is 19.8. The summed E-state index contributed by atoms with van der Waals surface area (Å²) in [5.74, 6) is -0.911. The quantitative estimate of drug-likeness (QED) is 0.0262. The molecular formula is C63H110O6. The van der Waals surface area contributed by atoms with E-state index in [9.17, 15) is 14.4 Å². The van der Waals surface area contributed by atoms with Crippen LogP contribution in [0.3, 0.4) is 0 Å². The maximum atomic E-state index is 12.9. The maximum absolute atomic E-state index is 12.9. The van der Waals surface area contributed by atoms with E-state index in [1.54, 1.807) is 0 Å². The van der Waals surface area contributed by atoms with E-state index in [1.807, 2.05) is 0 Å². The number of unbranched alkanes of at least 4 members (excludes halogenated alkanes) is 30. The van der Waals surface area contributed by atoms with E-state index in [0.29, 0.717) is 19.3 Å². The van der Waals surface area contributed by atoms with E-state index >= 15 is 0 Å². The fourth-order valence-corrected chi connectivity index (χ4v) is 8.22. The monoisotopic (exact) mass is 963 g/mol. The number of hydrogen-bond acceptors (Lipinski definition) is 6. The molecule has 6 heteroatoms. The van der Waals surface area contributed by atoms with Crippen LogP contribution in [-0.2, 0) is 28.6 Å². The van der Waals surface area contributed by atoms with Gasteiger partial charge in [-0.15, -0.1) is 0 Å². The van der Waals surface area contributed by atoms with E-state index in [0.717, 1.165) is 89.9 Å². The Kier molecular flexibility index (Phi) is 54.8. The van der Waals surface area contributed by atoms with E-state index < -0.39 is 6.10 Å². The van der Waals surface area contributed by atoms with Gasteiger partial charge in [-0.2, -0.15) is 0 Å². The average Bonchev–Trinajstić information content (AvgIpc) is 3.35.